The normalized spacial score (nSPS) is 17.6. The zero-order chi connectivity index (χ0) is 18.0. The third-order valence-electron chi connectivity index (χ3n) is 5.57. The topological polar surface area (TPSA) is 61.8 Å². The summed E-state index contributed by atoms with van der Waals surface area (Å²) in [6.45, 7) is 3.21. The molecule has 0 radical (unpaired) electrons. The maximum Gasteiger partial charge on any atom is 0.304 e. The van der Waals surface area contributed by atoms with Crippen molar-refractivity contribution in [2.75, 3.05) is 31.6 Å². The lowest BCUT2D eigenvalue weighted by Crippen LogP contribution is -2.44. The predicted molar refractivity (Wildman–Crippen MR) is 109 cm³/mol. The van der Waals surface area contributed by atoms with E-state index in [1.807, 2.05) is 18.2 Å². The molecule has 0 atom stereocenters. The minimum Gasteiger partial charge on any atom is -0.492 e. The minimum absolute atomic E-state index is 0. The van der Waals surface area contributed by atoms with E-state index < -0.39 is 5.97 Å². The highest BCUT2D eigenvalue weighted by Gasteiger charge is 2.43. The van der Waals surface area contributed by atoms with Gasteiger partial charge in [0.1, 0.15) is 5.75 Å². The molecule has 27 heavy (non-hydrogen) atoms. The van der Waals surface area contributed by atoms with Gasteiger partial charge in [-0.3, -0.25) is 4.79 Å². The molecule has 2 aromatic rings. The molecule has 0 aromatic heterocycles. The Balaban J connectivity index is 0.00000210. The molecule has 4 rings (SSSR count). The van der Waals surface area contributed by atoms with E-state index in [2.05, 4.69) is 40.5 Å². The van der Waals surface area contributed by atoms with Crippen molar-refractivity contribution in [2.45, 2.75) is 24.7 Å². The molecule has 2 heterocycles. The molecule has 1 fully saturated rings. The number of carbonyl (C=O) groups is 1. The Bertz CT molecular complexity index is 789. The lowest BCUT2D eigenvalue weighted by atomic mass is 9.74. The van der Waals surface area contributed by atoms with Crippen LogP contribution >= 0.6 is 12.4 Å². The summed E-state index contributed by atoms with van der Waals surface area (Å²) < 4.78 is 5.99. The van der Waals surface area contributed by atoms with Crippen LogP contribution in [0, 0.1) is 0 Å². The zero-order valence-corrected chi connectivity index (χ0v) is 16.0. The standard InChI is InChI=1S/C21H24N2O3.ClH/c24-20(25)8-11-23-12-9-21(10-13-23)15-26-19-7-6-17(14-18(19)21)22-16-4-2-1-3-5-16;/h1-7,14,22H,8-13,15H2,(H,24,25);1H. The van der Waals surface area contributed by atoms with Gasteiger partial charge in [-0.05, 0) is 56.3 Å². The second-order valence-electron chi connectivity index (χ2n) is 7.26. The van der Waals surface area contributed by atoms with Gasteiger partial charge in [0.25, 0.3) is 0 Å². The molecule has 0 aliphatic carbocycles. The number of ether oxygens (including phenoxy) is 1. The van der Waals surface area contributed by atoms with E-state index in [9.17, 15) is 4.79 Å². The van der Waals surface area contributed by atoms with Gasteiger partial charge in [-0.1, -0.05) is 18.2 Å². The van der Waals surface area contributed by atoms with Gasteiger partial charge in [0.05, 0.1) is 13.0 Å². The number of benzene rings is 2. The predicted octanol–water partition coefficient (Wildman–Crippen LogP) is 4.05. The number of likely N-dealkylation sites (tertiary alicyclic amines) is 1. The molecule has 0 saturated carbocycles. The fourth-order valence-electron chi connectivity index (χ4n) is 4.00. The van der Waals surface area contributed by atoms with Crippen molar-refractivity contribution in [3.63, 3.8) is 0 Å². The zero-order valence-electron chi connectivity index (χ0n) is 15.2. The number of para-hydroxylation sites is 1. The number of hydrogen-bond donors (Lipinski definition) is 2. The van der Waals surface area contributed by atoms with Crippen molar-refractivity contribution in [1.82, 2.24) is 4.90 Å². The summed E-state index contributed by atoms with van der Waals surface area (Å²) in [4.78, 5) is 13.0. The van der Waals surface area contributed by atoms with Gasteiger partial charge in [-0.25, -0.2) is 0 Å². The van der Waals surface area contributed by atoms with Crippen LogP contribution in [0.1, 0.15) is 24.8 Å². The summed E-state index contributed by atoms with van der Waals surface area (Å²) in [5, 5.41) is 12.3. The van der Waals surface area contributed by atoms with Crippen molar-refractivity contribution in [3.05, 3.63) is 54.1 Å². The second kappa shape index (κ2) is 8.19. The first-order valence-corrected chi connectivity index (χ1v) is 9.18. The SMILES string of the molecule is Cl.O=C(O)CCN1CCC2(CC1)COc1ccc(Nc3ccccc3)cc12. The quantitative estimate of drug-likeness (QED) is 0.809. The van der Waals surface area contributed by atoms with Crippen LogP contribution < -0.4 is 10.1 Å². The molecule has 2 aromatic carbocycles. The van der Waals surface area contributed by atoms with Gasteiger partial charge in [-0.15, -0.1) is 12.4 Å². The highest BCUT2D eigenvalue weighted by molar-refractivity contribution is 5.85. The number of anilines is 2. The molecule has 144 valence electrons. The van der Waals surface area contributed by atoms with Gasteiger partial charge in [0, 0.05) is 28.9 Å². The monoisotopic (exact) mass is 388 g/mol. The lowest BCUT2D eigenvalue weighted by Gasteiger charge is -2.38. The van der Waals surface area contributed by atoms with Crippen LogP contribution in [-0.2, 0) is 10.2 Å². The van der Waals surface area contributed by atoms with Crippen LogP contribution in [-0.4, -0.2) is 42.2 Å². The molecule has 1 spiro atoms. The average Bonchev–Trinajstić information content (AvgIpc) is 3.00. The van der Waals surface area contributed by atoms with Crippen LogP contribution in [0.3, 0.4) is 0 Å². The molecule has 6 heteroatoms. The Kier molecular flexibility index (Phi) is 5.92. The van der Waals surface area contributed by atoms with Crippen LogP contribution in [0.15, 0.2) is 48.5 Å². The van der Waals surface area contributed by atoms with Crippen molar-refractivity contribution in [1.29, 1.82) is 0 Å². The van der Waals surface area contributed by atoms with Crippen LogP contribution in [0.2, 0.25) is 0 Å². The van der Waals surface area contributed by atoms with Gasteiger partial charge >= 0.3 is 5.97 Å². The Morgan fingerprint density at radius 2 is 1.85 bits per heavy atom. The number of halogens is 1. The van der Waals surface area contributed by atoms with Gasteiger partial charge in [0.2, 0.25) is 0 Å². The average molecular weight is 389 g/mol. The third kappa shape index (κ3) is 4.20. The van der Waals surface area contributed by atoms with E-state index in [0.717, 1.165) is 49.7 Å². The second-order valence-corrected chi connectivity index (χ2v) is 7.26. The summed E-state index contributed by atoms with van der Waals surface area (Å²) >= 11 is 0. The van der Waals surface area contributed by atoms with Crippen molar-refractivity contribution < 1.29 is 14.6 Å². The number of fused-ring (bicyclic) bond motifs is 2. The first-order valence-electron chi connectivity index (χ1n) is 9.18. The number of nitrogens with one attached hydrogen (secondary N) is 1. The number of carboxylic acids is 1. The molecule has 0 unspecified atom stereocenters. The van der Waals surface area contributed by atoms with Crippen molar-refractivity contribution >= 4 is 29.8 Å². The number of rotatable bonds is 5. The molecule has 0 bridgehead atoms. The molecule has 2 aliphatic rings. The molecule has 0 amide bonds. The highest BCUT2D eigenvalue weighted by atomic mass is 35.5. The summed E-state index contributed by atoms with van der Waals surface area (Å²) in [7, 11) is 0. The fourth-order valence-corrected chi connectivity index (χ4v) is 4.00. The van der Waals surface area contributed by atoms with Gasteiger partial charge in [-0.2, -0.15) is 0 Å². The Hall–Kier alpha value is -2.24. The Morgan fingerprint density at radius 1 is 1.11 bits per heavy atom. The summed E-state index contributed by atoms with van der Waals surface area (Å²) in [6.07, 6.45) is 2.23. The smallest absolute Gasteiger partial charge is 0.304 e. The van der Waals surface area contributed by atoms with Crippen LogP contribution in [0.4, 0.5) is 11.4 Å². The van der Waals surface area contributed by atoms with E-state index in [0.29, 0.717) is 6.54 Å². The van der Waals surface area contributed by atoms with E-state index in [1.165, 1.54) is 5.56 Å². The van der Waals surface area contributed by atoms with Crippen LogP contribution in [0.5, 0.6) is 5.75 Å². The number of aliphatic carboxylic acids is 1. The van der Waals surface area contributed by atoms with Crippen molar-refractivity contribution in [2.24, 2.45) is 0 Å². The van der Waals surface area contributed by atoms with Crippen molar-refractivity contribution in [3.8, 4) is 5.75 Å². The van der Waals surface area contributed by atoms with Gasteiger partial charge < -0.3 is 20.1 Å². The highest BCUT2D eigenvalue weighted by Crippen LogP contribution is 2.46. The third-order valence-corrected chi connectivity index (χ3v) is 5.57. The molecule has 2 N–H and O–H groups in total. The Morgan fingerprint density at radius 3 is 2.56 bits per heavy atom. The first-order chi connectivity index (χ1) is 12.6. The summed E-state index contributed by atoms with van der Waals surface area (Å²) in [5.41, 5.74) is 3.50. The molecule has 1 saturated heterocycles. The molecule has 5 nitrogen and oxygen atoms in total. The van der Waals surface area contributed by atoms with E-state index >= 15 is 0 Å². The number of nitrogens with zero attached hydrogens (tertiary/aromatic N) is 1. The van der Waals surface area contributed by atoms with E-state index in [4.69, 9.17) is 9.84 Å². The van der Waals surface area contributed by atoms with Crippen LogP contribution in [0.25, 0.3) is 0 Å². The maximum atomic E-state index is 10.8. The molecular weight excluding hydrogens is 364 g/mol. The van der Waals surface area contributed by atoms with E-state index in [1.54, 1.807) is 0 Å². The Labute approximate surface area is 165 Å². The number of carboxylic acid groups (broad SMARTS) is 1. The lowest BCUT2D eigenvalue weighted by molar-refractivity contribution is -0.137. The number of hydrogen-bond acceptors (Lipinski definition) is 4. The summed E-state index contributed by atoms with van der Waals surface area (Å²) in [6, 6.07) is 16.5. The summed E-state index contributed by atoms with van der Waals surface area (Å²) in [5.74, 6) is 0.263. The van der Waals surface area contributed by atoms with E-state index in [-0.39, 0.29) is 24.2 Å². The number of piperidine rings is 1. The molecule has 2 aliphatic heterocycles. The fraction of sp³-hybridized carbons (Fsp3) is 0.381. The first kappa shape index (κ1) is 19.5. The minimum atomic E-state index is -0.725. The maximum absolute atomic E-state index is 10.8. The van der Waals surface area contributed by atoms with Gasteiger partial charge in [0.15, 0.2) is 0 Å². The molecular formula is C21H25ClN2O3. The largest absolute Gasteiger partial charge is 0.492 e.